The average Bonchev–Trinajstić information content (AvgIpc) is 2.97. The molecule has 0 aliphatic carbocycles. The minimum absolute atomic E-state index is 0.147. The highest BCUT2D eigenvalue weighted by Gasteiger charge is 2.26. The predicted molar refractivity (Wildman–Crippen MR) is 99.2 cm³/mol. The first kappa shape index (κ1) is 18.6. The second-order valence-electron chi connectivity index (χ2n) is 6.41. The first-order valence-electron chi connectivity index (χ1n) is 8.89. The Hall–Kier alpha value is -2.18. The number of esters is 1. The summed E-state index contributed by atoms with van der Waals surface area (Å²) in [5, 5.41) is 0. The van der Waals surface area contributed by atoms with Gasteiger partial charge < -0.3 is 4.74 Å². The SMILES string of the molecule is O=C(OCc1ccccc1)c1cccc(S(=O)(=O)N2CCCCCC2)c1. The van der Waals surface area contributed by atoms with Crippen molar-refractivity contribution in [3.8, 4) is 0 Å². The zero-order chi connectivity index (χ0) is 18.4. The summed E-state index contributed by atoms with van der Waals surface area (Å²) in [7, 11) is -3.58. The topological polar surface area (TPSA) is 63.7 Å². The number of benzene rings is 2. The van der Waals surface area contributed by atoms with E-state index in [0.29, 0.717) is 13.1 Å². The molecule has 0 N–H and O–H groups in total. The lowest BCUT2D eigenvalue weighted by Crippen LogP contribution is -2.32. The number of sulfonamides is 1. The largest absolute Gasteiger partial charge is 0.457 e. The Balaban J connectivity index is 1.73. The van der Waals surface area contributed by atoms with Crippen LogP contribution in [-0.4, -0.2) is 31.8 Å². The first-order chi connectivity index (χ1) is 12.6. The number of hydrogen-bond acceptors (Lipinski definition) is 4. The molecule has 6 heteroatoms. The lowest BCUT2D eigenvalue weighted by atomic mass is 10.2. The van der Waals surface area contributed by atoms with Gasteiger partial charge in [0.1, 0.15) is 6.61 Å². The maximum absolute atomic E-state index is 12.9. The van der Waals surface area contributed by atoms with Crippen molar-refractivity contribution >= 4 is 16.0 Å². The lowest BCUT2D eigenvalue weighted by molar-refractivity contribution is 0.0472. The summed E-state index contributed by atoms with van der Waals surface area (Å²) >= 11 is 0. The van der Waals surface area contributed by atoms with Crippen LogP contribution < -0.4 is 0 Å². The fraction of sp³-hybridized carbons (Fsp3) is 0.350. The van der Waals surface area contributed by atoms with Crippen molar-refractivity contribution in [2.24, 2.45) is 0 Å². The van der Waals surface area contributed by atoms with Gasteiger partial charge >= 0.3 is 5.97 Å². The summed E-state index contributed by atoms with van der Waals surface area (Å²) in [6.07, 6.45) is 3.85. The van der Waals surface area contributed by atoms with E-state index in [9.17, 15) is 13.2 Å². The Bertz CT molecular complexity index is 841. The molecule has 0 unspecified atom stereocenters. The van der Waals surface area contributed by atoms with Crippen molar-refractivity contribution in [1.29, 1.82) is 0 Å². The molecule has 0 spiro atoms. The zero-order valence-corrected chi connectivity index (χ0v) is 15.5. The molecule has 26 heavy (non-hydrogen) atoms. The van der Waals surface area contributed by atoms with Crippen molar-refractivity contribution in [3.05, 3.63) is 65.7 Å². The third-order valence-electron chi connectivity index (χ3n) is 4.49. The number of carbonyl (C=O) groups is 1. The van der Waals surface area contributed by atoms with Gasteiger partial charge in [-0.25, -0.2) is 13.2 Å². The quantitative estimate of drug-likeness (QED) is 0.751. The van der Waals surface area contributed by atoms with Crippen LogP contribution in [0.3, 0.4) is 0 Å². The Morgan fingerprint density at radius 1 is 0.923 bits per heavy atom. The molecule has 2 aromatic rings. The first-order valence-corrected chi connectivity index (χ1v) is 10.3. The van der Waals surface area contributed by atoms with E-state index in [-0.39, 0.29) is 17.1 Å². The van der Waals surface area contributed by atoms with E-state index in [1.807, 2.05) is 30.3 Å². The van der Waals surface area contributed by atoms with Crippen LogP contribution in [0.1, 0.15) is 41.6 Å². The molecule has 5 nitrogen and oxygen atoms in total. The van der Waals surface area contributed by atoms with Gasteiger partial charge in [-0.3, -0.25) is 0 Å². The van der Waals surface area contributed by atoms with Crippen LogP contribution in [0.2, 0.25) is 0 Å². The highest BCUT2D eigenvalue weighted by Crippen LogP contribution is 2.21. The Kier molecular flexibility index (Phi) is 6.06. The van der Waals surface area contributed by atoms with Gasteiger partial charge in [0.15, 0.2) is 0 Å². The molecule has 1 aliphatic rings. The standard InChI is InChI=1S/C20H23NO4S/c22-20(25-16-17-9-4-3-5-10-17)18-11-8-12-19(15-18)26(23,24)21-13-6-1-2-7-14-21/h3-5,8-12,15H,1-2,6-7,13-14,16H2. The maximum atomic E-state index is 12.9. The molecular weight excluding hydrogens is 350 g/mol. The average molecular weight is 373 g/mol. The Morgan fingerprint density at radius 2 is 1.62 bits per heavy atom. The zero-order valence-electron chi connectivity index (χ0n) is 14.6. The van der Waals surface area contributed by atoms with Gasteiger partial charge in [-0.1, -0.05) is 49.2 Å². The van der Waals surface area contributed by atoms with Gasteiger partial charge in [-0.2, -0.15) is 4.31 Å². The van der Waals surface area contributed by atoms with Gasteiger partial charge in [0.05, 0.1) is 10.5 Å². The summed E-state index contributed by atoms with van der Waals surface area (Å²) in [5.41, 5.74) is 1.13. The van der Waals surface area contributed by atoms with Gasteiger partial charge in [-0.15, -0.1) is 0 Å². The van der Waals surface area contributed by atoms with Gasteiger partial charge in [0.2, 0.25) is 10.0 Å². The van der Waals surface area contributed by atoms with Gasteiger partial charge in [0.25, 0.3) is 0 Å². The highest BCUT2D eigenvalue weighted by molar-refractivity contribution is 7.89. The predicted octanol–water partition coefficient (Wildman–Crippen LogP) is 3.61. The van der Waals surface area contributed by atoms with Crippen molar-refractivity contribution in [2.45, 2.75) is 37.2 Å². The summed E-state index contributed by atoms with van der Waals surface area (Å²) in [5.74, 6) is -0.526. The molecule has 138 valence electrons. The Morgan fingerprint density at radius 3 is 2.31 bits per heavy atom. The third-order valence-corrected chi connectivity index (χ3v) is 6.38. The van der Waals surface area contributed by atoms with Crippen molar-refractivity contribution in [1.82, 2.24) is 4.31 Å². The van der Waals surface area contributed by atoms with Crippen LogP contribution in [0.4, 0.5) is 0 Å². The molecule has 0 amide bonds. The van der Waals surface area contributed by atoms with Crippen molar-refractivity contribution in [3.63, 3.8) is 0 Å². The number of carbonyl (C=O) groups excluding carboxylic acids is 1. The number of ether oxygens (including phenoxy) is 1. The summed E-state index contributed by atoms with van der Waals surface area (Å²) in [6.45, 7) is 1.22. The van der Waals surface area contributed by atoms with Crippen LogP contribution in [0.15, 0.2) is 59.5 Å². The van der Waals surface area contributed by atoms with Crippen molar-refractivity contribution in [2.75, 3.05) is 13.1 Å². The molecule has 1 saturated heterocycles. The van der Waals surface area contributed by atoms with E-state index < -0.39 is 16.0 Å². The van der Waals surface area contributed by atoms with Crippen molar-refractivity contribution < 1.29 is 17.9 Å². The van der Waals surface area contributed by atoms with E-state index in [2.05, 4.69) is 0 Å². The molecule has 0 bridgehead atoms. The maximum Gasteiger partial charge on any atom is 0.338 e. The minimum atomic E-state index is -3.58. The highest BCUT2D eigenvalue weighted by atomic mass is 32.2. The van der Waals surface area contributed by atoms with E-state index in [1.165, 1.54) is 16.4 Å². The van der Waals surface area contributed by atoms with Crippen LogP contribution in [0.5, 0.6) is 0 Å². The monoisotopic (exact) mass is 373 g/mol. The molecule has 3 rings (SSSR count). The van der Waals surface area contributed by atoms with Crippen LogP contribution >= 0.6 is 0 Å². The molecule has 0 saturated carbocycles. The normalized spacial score (nSPS) is 16.0. The second kappa shape index (κ2) is 8.47. The van der Waals surface area contributed by atoms with Crippen LogP contribution in [0, 0.1) is 0 Å². The summed E-state index contributed by atoms with van der Waals surface area (Å²) < 4.78 is 32.6. The van der Waals surface area contributed by atoms with Gasteiger partial charge in [0, 0.05) is 13.1 Å². The fourth-order valence-electron chi connectivity index (χ4n) is 3.02. The molecular formula is C20H23NO4S. The molecule has 1 aliphatic heterocycles. The molecule has 0 aromatic heterocycles. The third kappa shape index (κ3) is 4.51. The Labute approximate surface area is 154 Å². The number of rotatable bonds is 5. The molecule has 0 atom stereocenters. The molecule has 1 heterocycles. The number of hydrogen-bond donors (Lipinski definition) is 0. The second-order valence-corrected chi connectivity index (χ2v) is 8.35. The van der Waals surface area contributed by atoms with E-state index in [0.717, 1.165) is 31.2 Å². The van der Waals surface area contributed by atoms with Crippen LogP contribution in [0.25, 0.3) is 0 Å². The summed E-state index contributed by atoms with van der Waals surface area (Å²) in [4.78, 5) is 12.4. The molecule has 1 fully saturated rings. The fourth-order valence-corrected chi connectivity index (χ4v) is 4.58. The van der Waals surface area contributed by atoms with Crippen LogP contribution in [-0.2, 0) is 21.4 Å². The molecule has 0 radical (unpaired) electrons. The van der Waals surface area contributed by atoms with Gasteiger partial charge in [-0.05, 0) is 36.6 Å². The minimum Gasteiger partial charge on any atom is -0.457 e. The van der Waals surface area contributed by atoms with E-state index in [4.69, 9.17) is 4.74 Å². The van der Waals surface area contributed by atoms with E-state index >= 15 is 0 Å². The lowest BCUT2D eigenvalue weighted by Gasteiger charge is -2.20. The summed E-state index contributed by atoms with van der Waals surface area (Å²) in [6, 6.07) is 15.5. The number of nitrogens with zero attached hydrogens (tertiary/aromatic N) is 1. The van der Waals surface area contributed by atoms with E-state index in [1.54, 1.807) is 12.1 Å². The smallest absolute Gasteiger partial charge is 0.338 e. The molecule has 2 aromatic carbocycles.